The molecule has 1 atom stereocenters. The highest BCUT2D eigenvalue weighted by Gasteiger charge is 2.46. The van der Waals surface area contributed by atoms with E-state index in [0.29, 0.717) is 16.0 Å². The van der Waals surface area contributed by atoms with Crippen molar-refractivity contribution in [3.63, 3.8) is 0 Å². The fourth-order valence-electron chi connectivity index (χ4n) is 3.52. The van der Waals surface area contributed by atoms with E-state index in [2.05, 4.69) is 0 Å². The number of aryl methyl sites for hydroxylation is 1. The van der Waals surface area contributed by atoms with Crippen molar-refractivity contribution in [1.82, 2.24) is 4.90 Å². The summed E-state index contributed by atoms with van der Waals surface area (Å²) in [4.78, 5) is 27.8. The van der Waals surface area contributed by atoms with Crippen molar-refractivity contribution in [3.05, 3.63) is 98.8 Å². The zero-order valence-electron chi connectivity index (χ0n) is 15.9. The van der Waals surface area contributed by atoms with Gasteiger partial charge in [-0.3, -0.25) is 9.59 Å². The predicted molar refractivity (Wildman–Crippen MR) is 110 cm³/mol. The Bertz CT molecular complexity index is 1150. The number of rotatable bonds is 4. The molecule has 4 nitrogen and oxygen atoms in total. The number of aliphatic hydroxyl groups excluding tert-OH is 1. The van der Waals surface area contributed by atoms with Gasteiger partial charge in [0.1, 0.15) is 17.4 Å². The summed E-state index contributed by atoms with van der Waals surface area (Å²) in [6.45, 7) is 1.63. The molecule has 0 saturated carbocycles. The summed E-state index contributed by atoms with van der Waals surface area (Å²) in [6.07, 6.45) is 0. The first-order chi connectivity index (χ1) is 14.4. The molecule has 3 aromatic rings. The van der Waals surface area contributed by atoms with Crippen molar-refractivity contribution in [2.75, 3.05) is 0 Å². The van der Waals surface area contributed by atoms with Crippen molar-refractivity contribution >= 4 is 28.8 Å². The second-order valence-corrected chi connectivity index (χ2v) is 8.01. The van der Waals surface area contributed by atoms with Crippen LogP contribution in [0, 0.1) is 18.6 Å². The van der Waals surface area contributed by atoms with Crippen molar-refractivity contribution in [1.29, 1.82) is 0 Å². The maximum Gasteiger partial charge on any atom is 0.295 e. The van der Waals surface area contributed by atoms with E-state index in [1.54, 1.807) is 31.2 Å². The molecule has 0 bridgehead atoms. The molecule has 30 heavy (non-hydrogen) atoms. The Balaban J connectivity index is 1.82. The number of hydrogen-bond donors (Lipinski definition) is 1. The molecule has 0 aliphatic carbocycles. The quantitative estimate of drug-likeness (QED) is 0.365. The van der Waals surface area contributed by atoms with Gasteiger partial charge < -0.3 is 10.0 Å². The number of ketones is 1. The number of halogens is 2. The predicted octanol–water partition coefficient (Wildman–Crippen LogP) is 4.96. The number of likely N-dealkylation sites (tertiary alicyclic amines) is 1. The lowest BCUT2D eigenvalue weighted by molar-refractivity contribution is -0.140. The van der Waals surface area contributed by atoms with Gasteiger partial charge in [0.05, 0.1) is 11.6 Å². The third-order valence-corrected chi connectivity index (χ3v) is 5.97. The lowest BCUT2D eigenvalue weighted by atomic mass is 9.99. The fraction of sp³-hybridized carbons (Fsp3) is 0.130. The Kier molecular flexibility index (Phi) is 5.22. The van der Waals surface area contributed by atoms with E-state index in [4.69, 9.17) is 0 Å². The van der Waals surface area contributed by atoms with Crippen molar-refractivity contribution in [3.8, 4) is 0 Å². The van der Waals surface area contributed by atoms with Crippen LogP contribution in [0.2, 0.25) is 0 Å². The van der Waals surface area contributed by atoms with E-state index in [-0.39, 0.29) is 23.4 Å². The van der Waals surface area contributed by atoms with Crippen LogP contribution in [-0.4, -0.2) is 21.7 Å². The van der Waals surface area contributed by atoms with Crippen LogP contribution in [0.1, 0.15) is 27.6 Å². The summed E-state index contributed by atoms with van der Waals surface area (Å²) in [5, 5.41) is 12.7. The summed E-state index contributed by atoms with van der Waals surface area (Å²) in [6, 6.07) is 12.5. The molecule has 0 radical (unpaired) electrons. The van der Waals surface area contributed by atoms with E-state index in [0.717, 1.165) is 0 Å². The molecule has 1 saturated heterocycles. The lowest BCUT2D eigenvalue weighted by Gasteiger charge is -2.24. The smallest absolute Gasteiger partial charge is 0.295 e. The Labute approximate surface area is 175 Å². The van der Waals surface area contributed by atoms with Gasteiger partial charge in [-0.05, 0) is 59.8 Å². The molecular formula is C23H17F2NO3S. The van der Waals surface area contributed by atoms with Gasteiger partial charge in [-0.1, -0.05) is 18.2 Å². The molecule has 0 spiro atoms. The summed E-state index contributed by atoms with van der Waals surface area (Å²) in [5.41, 5.74) is 1.18. The van der Waals surface area contributed by atoms with Crippen LogP contribution < -0.4 is 0 Å². The van der Waals surface area contributed by atoms with Gasteiger partial charge in [-0.25, -0.2) is 8.78 Å². The van der Waals surface area contributed by atoms with E-state index in [1.807, 2.05) is 5.38 Å². The number of carbonyl (C=O) groups excluding carboxylic acids is 2. The molecule has 2 heterocycles. The highest BCUT2D eigenvalue weighted by Crippen LogP contribution is 2.42. The number of Topliss-reactive ketones (excluding diaryl/α,β-unsaturated/α-hetero) is 1. The number of aliphatic hydroxyl groups is 1. The molecule has 7 heteroatoms. The minimum atomic E-state index is -0.810. The zero-order chi connectivity index (χ0) is 21.4. The molecule has 1 aliphatic heterocycles. The van der Waals surface area contributed by atoms with Gasteiger partial charge in [0, 0.05) is 17.0 Å². The average molecular weight is 425 g/mol. The molecule has 1 aromatic heterocycles. The summed E-state index contributed by atoms with van der Waals surface area (Å²) >= 11 is 1.35. The second-order valence-electron chi connectivity index (χ2n) is 7.03. The first kappa shape index (κ1) is 20.0. The van der Waals surface area contributed by atoms with E-state index >= 15 is 0 Å². The van der Waals surface area contributed by atoms with Crippen LogP contribution in [0.5, 0.6) is 0 Å². The van der Waals surface area contributed by atoms with E-state index < -0.39 is 29.4 Å². The molecule has 4 rings (SSSR count). The molecule has 152 valence electrons. The van der Waals surface area contributed by atoms with Gasteiger partial charge in [0.2, 0.25) is 0 Å². The first-order valence-electron chi connectivity index (χ1n) is 9.19. The fourth-order valence-corrected chi connectivity index (χ4v) is 4.37. The zero-order valence-corrected chi connectivity index (χ0v) is 16.7. The largest absolute Gasteiger partial charge is 0.507 e. The van der Waals surface area contributed by atoms with Crippen LogP contribution in [0.4, 0.5) is 8.78 Å². The molecule has 1 amide bonds. The third-order valence-electron chi connectivity index (χ3n) is 5.05. The monoisotopic (exact) mass is 425 g/mol. The Morgan fingerprint density at radius 2 is 1.83 bits per heavy atom. The van der Waals surface area contributed by atoms with Crippen molar-refractivity contribution in [2.45, 2.75) is 19.5 Å². The van der Waals surface area contributed by atoms with Gasteiger partial charge >= 0.3 is 0 Å². The molecule has 1 aliphatic rings. The number of nitrogens with zero attached hydrogens (tertiary/aromatic N) is 1. The summed E-state index contributed by atoms with van der Waals surface area (Å²) < 4.78 is 26.9. The molecule has 1 N–H and O–H groups in total. The van der Waals surface area contributed by atoms with E-state index in [9.17, 15) is 23.5 Å². The Hall–Kier alpha value is -3.32. The number of hydrogen-bond acceptors (Lipinski definition) is 4. The number of carbonyl (C=O) groups is 2. The van der Waals surface area contributed by atoms with Crippen LogP contribution in [0.15, 0.2) is 65.6 Å². The van der Waals surface area contributed by atoms with Crippen LogP contribution in [-0.2, 0) is 16.1 Å². The minimum Gasteiger partial charge on any atom is -0.507 e. The van der Waals surface area contributed by atoms with Gasteiger partial charge in [-0.2, -0.15) is 0 Å². The van der Waals surface area contributed by atoms with Gasteiger partial charge in [-0.15, -0.1) is 11.3 Å². The highest BCUT2D eigenvalue weighted by molar-refractivity contribution is 7.10. The molecule has 2 aromatic carbocycles. The van der Waals surface area contributed by atoms with Gasteiger partial charge in [0.25, 0.3) is 11.7 Å². The Morgan fingerprint density at radius 1 is 1.10 bits per heavy atom. The normalized spacial score (nSPS) is 18.2. The van der Waals surface area contributed by atoms with Crippen LogP contribution >= 0.6 is 11.3 Å². The third kappa shape index (κ3) is 3.52. The topological polar surface area (TPSA) is 57.6 Å². The number of thiophene rings is 1. The van der Waals surface area contributed by atoms with Crippen molar-refractivity contribution in [2.24, 2.45) is 0 Å². The molecule has 1 unspecified atom stereocenters. The van der Waals surface area contributed by atoms with Crippen LogP contribution in [0.3, 0.4) is 0 Å². The molecular weight excluding hydrogens is 408 g/mol. The molecule has 1 fully saturated rings. The Morgan fingerprint density at radius 3 is 2.47 bits per heavy atom. The number of benzene rings is 2. The first-order valence-corrected chi connectivity index (χ1v) is 10.1. The number of amides is 1. The maximum atomic E-state index is 13.7. The van der Waals surface area contributed by atoms with Gasteiger partial charge in [0.15, 0.2) is 0 Å². The minimum absolute atomic E-state index is 0.0458. The lowest BCUT2D eigenvalue weighted by Crippen LogP contribution is -2.28. The average Bonchev–Trinajstić information content (AvgIpc) is 3.34. The highest BCUT2D eigenvalue weighted by atomic mass is 32.1. The summed E-state index contributed by atoms with van der Waals surface area (Å²) in [5.74, 6) is -2.75. The van der Waals surface area contributed by atoms with Crippen LogP contribution in [0.25, 0.3) is 5.76 Å². The van der Waals surface area contributed by atoms with Crippen molar-refractivity contribution < 1.29 is 23.5 Å². The second kappa shape index (κ2) is 7.84. The maximum absolute atomic E-state index is 13.7. The SMILES string of the molecule is Cc1cc(/C(O)=C2/C(=O)C(=O)N(Cc3ccc(F)cc3)C2c2cccs2)ccc1F. The summed E-state index contributed by atoms with van der Waals surface area (Å²) in [7, 11) is 0. The standard InChI is InChI=1S/C23H17F2NO3S/c1-13-11-15(6-9-17(13)25)21(27)19-20(18-3-2-10-30-18)26(23(29)22(19)28)12-14-4-7-16(24)8-5-14/h2-11,20,27H,12H2,1H3/b21-19-. The van der Waals surface area contributed by atoms with E-state index in [1.165, 1.54) is 46.6 Å².